The van der Waals surface area contributed by atoms with Crippen LogP contribution >= 0.6 is 11.5 Å². The number of rotatable bonds is 3. The topological polar surface area (TPSA) is 110 Å². The maximum atomic E-state index is 12.8. The molecule has 0 bridgehead atoms. The second kappa shape index (κ2) is 6.34. The average molecular weight is 394 g/mol. The van der Waals surface area contributed by atoms with Crippen LogP contribution in [0.3, 0.4) is 0 Å². The van der Waals surface area contributed by atoms with Gasteiger partial charge in [0, 0.05) is 29.5 Å². The Bertz CT molecular complexity index is 1110. The Morgan fingerprint density at radius 2 is 2.11 bits per heavy atom. The minimum absolute atomic E-state index is 0.195. The Balaban J connectivity index is 1.42. The lowest BCUT2D eigenvalue weighted by Crippen LogP contribution is -2.52. The maximum absolute atomic E-state index is 12.8. The molecule has 1 aromatic carbocycles. The molecule has 2 aliphatic heterocycles. The Kier molecular flexibility index (Phi) is 3.79. The smallest absolute Gasteiger partial charge is 0.255 e. The van der Waals surface area contributed by atoms with E-state index in [-0.39, 0.29) is 18.2 Å². The Morgan fingerprint density at radius 1 is 1.21 bits per heavy atom. The molecule has 10 heteroatoms. The number of piperidine rings is 1. The highest BCUT2D eigenvalue weighted by Gasteiger charge is 2.39. The zero-order valence-corrected chi connectivity index (χ0v) is 15.3. The molecular formula is C18H14N6O3S. The van der Waals surface area contributed by atoms with E-state index in [1.807, 2.05) is 11.4 Å². The third kappa shape index (κ3) is 2.69. The third-order valence-corrected chi connectivity index (χ3v) is 5.58. The van der Waals surface area contributed by atoms with E-state index in [2.05, 4.69) is 20.0 Å². The van der Waals surface area contributed by atoms with E-state index in [0.29, 0.717) is 18.5 Å². The number of carbonyl (C=O) groups is 3. The number of amides is 3. The second-order valence-corrected chi connectivity index (χ2v) is 7.36. The molecular weight excluding hydrogens is 380 g/mol. The van der Waals surface area contributed by atoms with Gasteiger partial charge in [-0.2, -0.15) is 0 Å². The van der Waals surface area contributed by atoms with Crippen molar-refractivity contribution in [3.63, 3.8) is 0 Å². The maximum Gasteiger partial charge on any atom is 0.255 e. The predicted octanol–water partition coefficient (Wildman–Crippen LogP) is 1.15. The number of aromatic nitrogens is 4. The molecule has 140 valence electrons. The van der Waals surface area contributed by atoms with Crippen molar-refractivity contribution in [1.29, 1.82) is 0 Å². The first kappa shape index (κ1) is 16.8. The molecule has 9 nitrogen and oxygen atoms in total. The number of benzene rings is 1. The molecule has 1 unspecified atom stereocenters. The highest BCUT2D eigenvalue weighted by Crippen LogP contribution is 2.29. The van der Waals surface area contributed by atoms with Crippen LogP contribution in [0.5, 0.6) is 0 Å². The van der Waals surface area contributed by atoms with E-state index in [9.17, 15) is 14.4 Å². The molecule has 0 aliphatic carbocycles. The molecule has 3 aromatic rings. The van der Waals surface area contributed by atoms with E-state index in [4.69, 9.17) is 0 Å². The molecule has 0 saturated carbocycles. The van der Waals surface area contributed by atoms with Crippen LogP contribution in [-0.2, 0) is 16.1 Å². The van der Waals surface area contributed by atoms with Crippen molar-refractivity contribution >= 4 is 29.3 Å². The van der Waals surface area contributed by atoms with Crippen molar-refractivity contribution in [3.8, 4) is 16.9 Å². The van der Waals surface area contributed by atoms with Gasteiger partial charge < -0.3 is 4.90 Å². The number of fused-ring (bicyclic) bond motifs is 1. The molecule has 1 atom stereocenters. The van der Waals surface area contributed by atoms with Gasteiger partial charge in [-0.05, 0) is 41.7 Å². The molecule has 0 spiro atoms. The van der Waals surface area contributed by atoms with Crippen LogP contribution in [-0.4, -0.2) is 48.0 Å². The van der Waals surface area contributed by atoms with Crippen molar-refractivity contribution < 1.29 is 14.4 Å². The van der Waals surface area contributed by atoms with Crippen LogP contribution in [0, 0.1) is 0 Å². The zero-order valence-electron chi connectivity index (χ0n) is 14.5. The number of hydrogen-bond acceptors (Lipinski definition) is 7. The summed E-state index contributed by atoms with van der Waals surface area (Å²) in [6, 6.07) is 4.80. The second-order valence-electron chi connectivity index (χ2n) is 6.70. The highest BCUT2D eigenvalue weighted by atomic mass is 32.1. The van der Waals surface area contributed by atoms with Gasteiger partial charge in [-0.15, -0.1) is 5.10 Å². The first-order valence-corrected chi connectivity index (χ1v) is 9.54. The minimum atomic E-state index is -0.620. The number of nitrogens with one attached hydrogen (secondary N) is 1. The largest absolute Gasteiger partial charge is 0.322 e. The van der Waals surface area contributed by atoms with E-state index in [1.165, 1.54) is 16.4 Å². The molecule has 2 aliphatic rings. The van der Waals surface area contributed by atoms with Gasteiger partial charge in [0.15, 0.2) is 0 Å². The summed E-state index contributed by atoms with van der Waals surface area (Å²) in [5.74, 6) is -0.905. The summed E-state index contributed by atoms with van der Waals surface area (Å²) in [5, 5.41) is 12.5. The van der Waals surface area contributed by atoms with E-state index >= 15 is 0 Å². The van der Waals surface area contributed by atoms with E-state index < -0.39 is 11.9 Å². The van der Waals surface area contributed by atoms with Crippen LogP contribution in [0.1, 0.15) is 28.8 Å². The molecule has 1 fully saturated rings. The standard InChI is InChI=1S/C18H14N6O3S/c25-16-4-3-15(17(26)20-16)23-7-10-5-12(1-2-13(10)18(23)27)24-8-14(21-22-24)11-6-19-28-9-11/h1-2,5-6,8-9,15H,3-4,7H2,(H,20,25,26). The van der Waals surface area contributed by atoms with Crippen LogP contribution in [0.2, 0.25) is 0 Å². The average Bonchev–Trinajstić information content (AvgIpc) is 3.41. The Morgan fingerprint density at radius 3 is 2.89 bits per heavy atom. The van der Waals surface area contributed by atoms with Gasteiger partial charge in [0.1, 0.15) is 11.7 Å². The first-order chi connectivity index (χ1) is 13.6. The Hall–Kier alpha value is -3.40. The van der Waals surface area contributed by atoms with Crippen LogP contribution in [0.15, 0.2) is 36.0 Å². The van der Waals surface area contributed by atoms with E-state index in [0.717, 1.165) is 22.5 Å². The summed E-state index contributed by atoms with van der Waals surface area (Å²) in [6.07, 6.45) is 4.12. The fourth-order valence-electron chi connectivity index (χ4n) is 3.56. The molecule has 3 amide bonds. The normalized spacial score (nSPS) is 19.1. The molecule has 5 rings (SSSR count). The van der Waals surface area contributed by atoms with Gasteiger partial charge >= 0.3 is 0 Å². The fraction of sp³-hybridized carbons (Fsp3) is 0.222. The fourth-order valence-corrected chi connectivity index (χ4v) is 4.09. The van der Waals surface area contributed by atoms with Crippen molar-refractivity contribution in [1.82, 2.24) is 29.6 Å². The van der Waals surface area contributed by atoms with Gasteiger partial charge in [0.2, 0.25) is 11.8 Å². The quantitative estimate of drug-likeness (QED) is 0.668. The van der Waals surface area contributed by atoms with Gasteiger partial charge in [-0.25, -0.2) is 9.06 Å². The van der Waals surface area contributed by atoms with Crippen molar-refractivity contribution in [2.24, 2.45) is 0 Å². The molecule has 28 heavy (non-hydrogen) atoms. The van der Waals surface area contributed by atoms with Gasteiger partial charge in [-0.1, -0.05) is 5.21 Å². The van der Waals surface area contributed by atoms with Gasteiger partial charge in [0.25, 0.3) is 5.91 Å². The third-order valence-electron chi connectivity index (χ3n) is 4.99. The van der Waals surface area contributed by atoms with Gasteiger partial charge in [-0.3, -0.25) is 19.7 Å². The summed E-state index contributed by atoms with van der Waals surface area (Å²) in [7, 11) is 0. The summed E-state index contributed by atoms with van der Waals surface area (Å²) in [6.45, 7) is 0.324. The van der Waals surface area contributed by atoms with Crippen molar-refractivity contribution in [2.45, 2.75) is 25.4 Å². The highest BCUT2D eigenvalue weighted by molar-refractivity contribution is 7.03. The number of nitrogens with zero attached hydrogens (tertiary/aromatic N) is 5. The lowest BCUT2D eigenvalue weighted by Gasteiger charge is -2.29. The van der Waals surface area contributed by atoms with Gasteiger partial charge in [0.05, 0.1) is 18.1 Å². The first-order valence-electron chi connectivity index (χ1n) is 8.70. The molecule has 4 heterocycles. The number of carbonyl (C=O) groups excluding carboxylic acids is 3. The summed E-state index contributed by atoms with van der Waals surface area (Å²) in [5.41, 5.74) is 3.78. The number of imide groups is 1. The van der Waals surface area contributed by atoms with Crippen LogP contribution in [0.25, 0.3) is 16.9 Å². The summed E-state index contributed by atoms with van der Waals surface area (Å²) < 4.78 is 5.71. The van der Waals surface area contributed by atoms with Crippen molar-refractivity contribution in [3.05, 3.63) is 47.1 Å². The van der Waals surface area contributed by atoms with Crippen LogP contribution < -0.4 is 5.32 Å². The molecule has 2 aromatic heterocycles. The summed E-state index contributed by atoms with van der Waals surface area (Å²) >= 11 is 1.35. The van der Waals surface area contributed by atoms with Crippen molar-refractivity contribution in [2.75, 3.05) is 0 Å². The SMILES string of the molecule is O=C1CCC(N2Cc3cc(-n4cc(-c5cnsc5)nn4)ccc3C2=O)C(=O)N1. The monoisotopic (exact) mass is 394 g/mol. The summed E-state index contributed by atoms with van der Waals surface area (Å²) in [4.78, 5) is 37.8. The number of hydrogen-bond donors (Lipinski definition) is 1. The Labute approximate surface area is 163 Å². The van der Waals surface area contributed by atoms with Crippen LogP contribution in [0.4, 0.5) is 0 Å². The zero-order chi connectivity index (χ0) is 19.3. The lowest BCUT2D eigenvalue weighted by atomic mass is 10.0. The van der Waals surface area contributed by atoms with E-state index in [1.54, 1.807) is 29.2 Å². The lowest BCUT2D eigenvalue weighted by molar-refractivity contribution is -0.136. The molecule has 1 saturated heterocycles. The predicted molar refractivity (Wildman–Crippen MR) is 98.5 cm³/mol. The molecule has 1 N–H and O–H groups in total. The minimum Gasteiger partial charge on any atom is -0.322 e. The molecule has 0 radical (unpaired) electrons.